The Morgan fingerprint density at radius 3 is 2.62 bits per heavy atom. The minimum atomic E-state index is 0.483. The van der Waals surface area contributed by atoms with E-state index in [2.05, 4.69) is 29.4 Å². The maximum absolute atomic E-state index is 5.73. The quantitative estimate of drug-likeness (QED) is 0.829. The van der Waals surface area contributed by atoms with Crippen molar-refractivity contribution < 1.29 is 4.42 Å². The van der Waals surface area contributed by atoms with E-state index < -0.39 is 0 Å². The van der Waals surface area contributed by atoms with Gasteiger partial charge in [-0.15, -0.1) is 0 Å². The van der Waals surface area contributed by atoms with E-state index in [0.29, 0.717) is 5.41 Å². The summed E-state index contributed by atoms with van der Waals surface area (Å²) in [5.74, 6) is 2.11. The Kier molecular flexibility index (Phi) is 4.70. The van der Waals surface area contributed by atoms with Crippen molar-refractivity contribution >= 4 is 0 Å². The number of nitrogens with zero attached hydrogens (tertiary/aromatic N) is 1. The standard InChI is InChI=1S/C18H30N2O/c1-15-6-9-17(21-15)12-20(2)14-18(10-4-3-5-11-18)13-19-16-7-8-16/h6,9,16,19H,3-5,7-8,10-14H2,1-2H3. The maximum atomic E-state index is 5.73. The van der Waals surface area contributed by atoms with Gasteiger partial charge >= 0.3 is 0 Å². The maximum Gasteiger partial charge on any atom is 0.118 e. The van der Waals surface area contributed by atoms with Crippen LogP contribution in [0.1, 0.15) is 56.5 Å². The van der Waals surface area contributed by atoms with Gasteiger partial charge in [-0.05, 0) is 57.2 Å². The predicted molar refractivity (Wildman–Crippen MR) is 86.3 cm³/mol. The zero-order chi connectivity index (χ0) is 14.7. The molecule has 3 heteroatoms. The van der Waals surface area contributed by atoms with Gasteiger partial charge in [0.2, 0.25) is 0 Å². The lowest BCUT2D eigenvalue weighted by atomic mass is 9.73. The van der Waals surface area contributed by atoms with Gasteiger partial charge < -0.3 is 9.73 Å². The molecule has 21 heavy (non-hydrogen) atoms. The van der Waals surface area contributed by atoms with E-state index in [1.807, 2.05) is 6.92 Å². The minimum Gasteiger partial charge on any atom is -0.465 e. The lowest BCUT2D eigenvalue weighted by Crippen LogP contribution is -2.44. The van der Waals surface area contributed by atoms with Gasteiger partial charge in [-0.25, -0.2) is 0 Å². The summed E-state index contributed by atoms with van der Waals surface area (Å²) in [5.41, 5.74) is 0.483. The second-order valence-corrected chi connectivity index (χ2v) is 7.40. The fourth-order valence-electron chi connectivity index (χ4n) is 3.81. The normalized spacial score (nSPS) is 21.9. The number of furan rings is 1. The van der Waals surface area contributed by atoms with E-state index in [0.717, 1.165) is 24.1 Å². The van der Waals surface area contributed by atoms with E-state index in [-0.39, 0.29) is 0 Å². The summed E-state index contributed by atoms with van der Waals surface area (Å²) in [6, 6.07) is 5.00. The molecule has 2 aliphatic carbocycles. The van der Waals surface area contributed by atoms with E-state index in [9.17, 15) is 0 Å². The summed E-state index contributed by atoms with van der Waals surface area (Å²) in [4.78, 5) is 2.46. The average molecular weight is 290 g/mol. The Labute approximate surface area is 129 Å². The molecular formula is C18H30N2O. The van der Waals surface area contributed by atoms with Crippen LogP contribution < -0.4 is 5.32 Å². The fourth-order valence-corrected chi connectivity index (χ4v) is 3.81. The molecule has 0 unspecified atom stereocenters. The molecule has 3 rings (SSSR count). The van der Waals surface area contributed by atoms with Crippen LogP contribution in [0.25, 0.3) is 0 Å². The second-order valence-electron chi connectivity index (χ2n) is 7.40. The topological polar surface area (TPSA) is 28.4 Å². The lowest BCUT2D eigenvalue weighted by molar-refractivity contribution is 0.109. The molecule has 0 aliphatic heterocycles. The van der Waals surface area contributed by atoms with E-state index in [1.165, 1.54) is 58.0 Å². The number of hydrogen-bond acceptors (Lipinski definition) is 3. The molecule has 0 atom stereocenters. The van der Waals surface area contributed by atoms with Crippen molar-refractivity contribution in [2.45, 2.75) is 64.5 Å². The summed E-state index contributed by atoms with van der Waals surface area (Å²) in [7, 11) is 2.24. The summed E-state index contributed by atoms with van der Waals surface area (Å²) in [6.45, 7) is 5.34. The molecule has 3 nitrogen and oxygen atoms in total. The van der Waals surface area contributed by atoms with Gasteiger partial charge in [-0.1, -0.05) is 19.3 Å². The lowest BCUT2D eigenvalue weighted by Gasteiger charge is -2.40. The van der Waals surface area contributed by atoms with Gasteiger partial charge in [0.1, 0.15) is 11.5 Å². The highest BCUT2D eigenvalue weighted by molar-refractivity contribution is 5.05. The summed E-state index contributed by atoms with van der Waals surface area (Å²) < 4.78 is 5.73. The van der Waals surface area contributed by atoms with E-state index >= 15 is 0 Å². The van der Waals surface area contributed by atoms with Crippen molar-refractivity contribution in [3.63, 3.8) is 0 Å². The Balaban J connectivity index is 1.56. The predicted octanol–water partition coefficient (Wildman–Crippen LogP) is 3.72. The van der Waals surface area contributed by atoms with Crippen molar-refractivity contribution in [1.29, 1.82) is 0 Å². The van der Waals surface area contributed by atoms with Gasteiger partial charge in [0.05, 0.1) is 6.54 Å². The highest BCUT2D eigenvalue weighted by Gasteiger charge is 2.35. The van der Waals surface area contributed by atoms with E-state index in [1.54, 1.807) is 0 Å². The Hall–Kier alpha value is -0.800. The average Bonchev–Trinajstić information content (AvgIpc) is 3.21. The fraction of sp³-hybridized carbons (Fsp3) is 0.778. The Morgan fingerprint density at radius 1 is 1.24 bits per heavy atom. The summed E-state index contributed by atoms with van der Waals surface area (Å²) in [6.07, 6.45) is 9.77. The smallest absolute Gasteiger partial charge is 0.118 e. The minimum absolute atomic E-state index is 0.483. The van der Waals surface area contributed by atoms with Crippen molar-refractivity contribution in [1.82, 2.24) is 10.2 Å². The molecule has 1 aromatic rings. The summed E-state index contributed by atoms with van der Waals surface area (Å²) in [5, 5.41) is 3.79. The zero-order valence-electron chi connectivity index (χ0n) is 13.7. The number of hydrogen-bond donors (Lipinski definition) is 1. The molecule has 1 aromatic heterocycles. The highest BCUT2D eigenvalue weighted by atomic mass is 16.3. The molecule has 0 aromatic carbocycles. The van der Waals surface area contributed by atoms with Crippen LogP contribution in [-0.2, 0) is 6.54 Å². The molecule has 0 amide bonds. The molecule has 0 spiro atoms. The first-order chi connectivity index (χ1) is 10.2. The van der Waals surface area contributed by atoms with Crippen LogP contribution in [0.2, 0.25) is 0 Å². The largest absolute Gasteiger partial charge is 0.465 e. The van der Waals surface area contributed by atoms with E-state index in [4.69, 9.17) is 4.42 Å². The number of rotatable bonds is 7. The first kappa shape index (κ1) is 15.1. The molecule has 0 bridgehead atoms. The van der Waals surface area contributed by atoms with Gasteiger partial charge in [-0.3, -0.25) is 4.90 Å². The van der Waals surface area contributed by atoms with Crippen molar-refractivity contribution in [2.75, 3.05) is 20.1 Å². The van der Waals surface area contributed by atoms with Crippen molar-refractivity contribution in [2.24, 2.45) is 5.41 Å². The van der Waals surface area contributed by atoms with Crippen LogP contribution in [-0.4, -0.2) is 31.1 Å². The van der Waals surface area contributed by atoms with Gasteiger partial charge in [0.15, 0.2) is 0 Å². The molecule has 2 aliphatic rings. The number of aryl methyl sites for hydroxylation is 1. The van der Waals surface area contributed by atoms with Gasteiger partial charge in [-0.2, -0.15) is 0 Å². The SMILES string of the molecule is Cc1ccc(CN(C)CC2(CNC3CC3)CCCCC2)o1. The van der Waals surface area contributed by atoms with Crippen molar-refractivity contribution in [3.05, 3.63) is 23.7 Å². The Morgan fingerprint density at radius 2 is 2.00 bits per heavy atom. The second kappa shape index (κ2) is 6.53. The van der Waals surface area contributed by atoms with Gasteiger partial charge in [0, 0.05) is 19.1 Å². The molecule has 0 saturated heterocycles. The van der Waals surface area contributed by atoms with Crippen LogP contribution in [0.3, 0.4) is 0 Å². The first-order valence-electron chi connectivity index (χ1n) is 8.63. The summed E-state index contributed by atoms with van der Waals surface area (Å²) >= 11 is 0. The van der Waals surface area contributed by atoms with Crippen LogP contribution in [0.5, 0.6) is 0 Å². The van der Waals surface area contributed by atoms with Crippen LogP contribution >= 0.6 is 0 Å². The number of nitrogens with one attached hydrogen (secondary N) is 1. The van der Waals surface area contributed by atoms with Crippen LogP contribution in [0.4, 0.5) is 0 Å². The first-order valence-corrected chi connectivity index (χ1v) is 8.63. The molecule has 1 heterocycles. The van der Waals surface area contributed by atoms with Crippen LogP contribution in [0.15, 0.2) is 16.5 Å². The zero-order valence-corrected chi connectivity index (χ0v) is 13.7. The highest BCUT2D eigenvalue weighted by Crippen LogP contribution is 2.37. The third-order valence-electron chi connectivity index (χ3n) is 5.08. The molecule has 1 N–H and O–H groups in total. The molecule has 118 valence electrons. The third-order valence-corrected chi connectivity index (χ3v) is 5.08. The van der Waals surface area contributed by atoms with Crippen LogP contribution in [0, 0.1) is 12.3 Å². The molecular weight excluding hydrogens is 260 g/mol. The molecule has 0 radical (unpaired) electrons. The van der Waals surface area contributed by atoms with Gasteiger partial charge in [0.25, 0.3) is 0 Å². The molecule has 2 saturated carbocycles. The molecule has 2 fully saturated rings. The Bertz CT molecular complexity index is 444. The third kappa shape index (κ3) is 4.33. The monoisotopic (exact) mass is 290 g/mol. The van der Waals surface area contributed by atoms with Crippen molar-refractivity contribution in [3.8, 4) is 0 Å².